The number of aliphatic hydroxyl groups is 2. The van der Waals surface area contributed by atoms with Crippen molar-refractivity contribution in [3.05, 3.63) is 23.8 Å². The van der Waals surface area contributed by atoms with Crippen molar-refractivity contribution in [3.8, 4) is 0 Å². The van der Waals surface area contributed by atoms with Crippen molar-refractivity contribution in [2.24, 2.45) is 0 Å². The molecule has 0 spiro atoms. The van der Waals surface area contributed by atoms with Crippen molar-refractivity contribution < 1.29 is 15.0 Å². The fourth-order valence-electron chi connectivity index (χ4n) is 0.595. The number of allylic oxidation sites excluding steroid dienone is 1. The first-order valence-electron chi connectivity index (χ1n) is 2.77. The molecule has 1 aliphatic heterocycles. The van der Waals surface area contributed by atoms with E-state index >= 15 is 0 Å². The first-order valence-corrected chi connectivity index (χ1v) is 2.77. The highest BCUT2D eigenvalue weighted by atomic mass is 16.3. The Morgan fingerprint density at radius 3 is 2.90 bits per heavy atom. The summed E-state index contributed by atoms with van der Waals surface area (Å²) in [6, 6.07) is 0. The van der Waals surface area contributed by atoms with Gasteiger partial charge in [-0.3, -0.25) is 4.79 Å². The second kappa shape index (κ2) is 2.43. The second-order valence-corrected chi connectivity index (χ2v) is 1.87. The van der Waals surface area contributed by atoms with Crippen LogP contribution in [0.15, 0.2) is 23.8 Å². The molecule has 1 aliphatic rings. The Kier molecular flexibility index (Phi) is 1.62. The molecule has 3 N–H and O–H groups in total. The van der Waals surface area contributed by atoms with Gasteiger partial charge in [-0.2, -0.15) is 0 Å². The van der Waals surface area contributed by atoms with Gasteiger partial charge < -0.3 is 15.5 Å². The molecular weight excluding hydrogens is 134 g/mol. The number of aliphatic hydroxyl groups excluding tert-OH is 2. The molecule has 0 bridgehead atoms. The van der Waals surface area contributed by atoms with Crippen LogP contribution in [0.3, 0.4) is 0 Å². The molecule has 0 saturated carbocycles. The molecule has 1 rings (SSSR count). The van der Waals surface area contributed by atoms with Crippen molar-refractivity contribution >= 4 is 5.78 Å². The van der Waals surface area contributed by atoms with Crippen LogP contribution in [0.4, 0.5) is 0 Å². The number of hydrogen-bond acceptors (Lipinski definition) is 4. The van der Waals surface area contributed by atoms with Gasteiger partial charge >= 0.3 is 0 Å². The van der Waals surface area contributed by atoms with E-state index in [0.29, 0.717) is 0 Å². The number of hydrogen-bond donors (Lipinski definition) is 3. The zero-order valence-corrected chi connectivity index (χ0v) is 5.16. The first-order chi connectivity index (χ1) is 4.72. The average Bonchev–Trinajstić information content (AvgIpc) is 2.04. The lowest BCUT2D eigenvalue weighted by Gasteiger charge is -1.96. The normalized spacial score (nSPS) is 18.6. The Morgan fingerprint density at radius 2 is 2.20 bits per heavy atom. The minimum Gasteiger partial charge on any atom is -0.507 e. The van der Waals surface area contributed by atoms with E-state index in [-0.39, 0.29) is 12.3 Å². The summed E-state index contributed by atoms with van der Waals surface area (Å²) in [7, 11) is 0. The van der Waals surface area contributed by atoms with Gasteiger partial charge in [0.15, 0.2) is 5.76 Å². The summed E-state index contributed by atoms with van der Waals surface area (Å²) in [6.07, 6.45) is 2.53. The van der Waals surface area contributed by atoms with E-state index < -0.39 is 11.5 Å². The van der Waals surface area contributed by atoms with Gasteiger partial charge in [-0.25, -0.2) is 0 Å². The SMILES string of the molecule is O=C1C=CNCC(O)=C1O. The van der Waals surface area contributed by atoms with Crippen molar-refractivity contribution in [3.63, 3.8) is 0 Å². The summed E-state index contributed by atoms with van der Waals surface area (Å²) in [5.41, 5.74) is 0. The lowest BCUT2D eigenvalue weighted by atomic mass is 10.3. The van der Waals surface area contributed by atoms with Gasteiger partial charge in [-0.05, 0) is 0 Å². The van der Waals surface area contributed by atoms with E-state index in [1.807, 2.05) is 0 Å². The quantitative estimate of drug-likeness (QED) is 0.444. The molecule has 0 amide bonds. The summed E-state index contributed by atoms with van der Waals surface area (Å²) >= 11 is 0. The standard InChI is InChI=1S/C6H7NO3/c8-4-1-2-7-3-5(9)6(4)10/h1-2,7,9-10H,3H2. The summed E-state index contributed by atoms with van der Waals surface area (Å²) in [6.45, 7) is 0.0913. The van der Waals surface area contributed by atoms with E-state index in [2.05, 4.69) is 5.32 Å². The molecule has 4 nitrogen and oxygen atoms in total. The highest BCUT2D eigenvalue weighted by molar-refractivity contribution is 6.02. The van der Waals surface area contributed by atoms with Gasteiger partial charge in [0.2, 0.25) is 11.5 Å². The molecule has 0 aromatic heterocycles. The first kappa shape index (κ1) is 6.67. The second-order valence-electron chi connectivity index (χ2n) is 1.87. The highest BCUT2D eigenvalue weighted by Crippen LogP contribution is 2.01. The number of nitrogens with one attached hydrogen (secondary N) is 1. The number of carbonyl (C=O) groups is 1. The minimum absolute atomic E-state index is 0.0913. The summed E-state index contributed by atoms with van der Waals surface area (Å²) < 4.78 is 0. The molecule has 0 unspecified atom stereocenters. The van der Waals surface area contributed by atoms with Gasteiger partial charge in [0, 0.05) is 12.3 Å². The van der Waals surface area contributed by atoms with Crippen LogP contribution in [0.25, 0.3) is 0 Å². The highest BCUT2D eigenvalue weighted by Gasteiger charge is 2.12. The molecule has 4 heteroatoms. The van der Waals surface area contributed by atoms with Crippen LogP contribution in [0, 0.1) is 0 Å². The number of ketones is 1. The van der Waals surface area contributed by atoms with E-state index in [9.17, 15) is 4.79 Å². The molecular formula is C6H7NO3. The summed E-state index contributed by atoms with van der Waals surface area (Å²) in [5.74, 6) is -1.49. The summed E-state index contributed by atoms with van der Waals surface area (Å²) in [5, 5.41) is 20.2. The Hall–Kier alpha value is -1.45. The third-order valence-corrected chi connectivity index (χ3v) is 1.13. The summed E-state index contributed by atoms with van der Waals surface area (Å²) in [4.78, 5) is 10.6. The zero-order valence-electron chi connectivity index (χ0n) is 5.16. The van der Waals surface area contributed by atoms with Gasteiger partial charge in [0.25, 0.3) is 0 Å². The van der Waals surface area contributed by atoms with Crippen LogP contribution in [0.1, 0.15) is 0 Å². The van der Waals surface area contributed by atoms with Crippen LogP contribution >= 0.6 is 0 Å². The lowest BCUT2D eigenvalue weighted by Crippen LogP contribution is -2.09. The smallest absolute Gasteiger partial charge is 0.225 e. The van der Waals surface area contributed by atoms with Crippen LogP contribution in [0.5, 0.6) is 0 Å². The largest absolute Gasteiger partial charge is 0.507 e. The van der Waals surface area contributed by atoms with Crippen LogP contribution < -0.4 is 5.32 Å². The molecule has 0 saturated heterocycles. The maximum atomic E-state index is 10.6. The molecule has 0 aromatic rings. The zero-order chi connectivity index (χ0) is 7.56. The average molecular weight is 141 g/mol. The Labute approximate surface area is 57.5 Å². The maximum absolute atomic E-state index is 10.6. The Balaban J connectivity index is 2.93. The predicted octanol–water partition coefficient (Wildman–Crippen LogP) is -0.000000000000000111. The monoisotopic (exact) mass is 141 g/mol. The molecule has 0 radical (unpaired) electrons. The van der Waals surface area contributed by atoms with E-state index in [1.54, 1.807) is 0 Å². The maximum Gasteiger partial charge on any atom is 0.225 e. The number of rotatable bonds is 0. The molecule has 0 aromatic carbocycles. The van der Waals surface area contributed by atoms with Gasteiger partial charge in [-0.15, -0.1) is 0 Å². The number of carbonyl (C=O) groups excluding carboxylic acids is 1. The fraction of sp³-hybridized carbons (Fsp3) is 0.167. The molecule has 54 valence electrons. The van der Waals surface area contributed by atoms with E-state index in [1.165, 1.54) is 6.20 Å². The molecule has 10 heavy (non-hydrogen) atoms. The fourth-order valence-corrected chi connectivity index (χ4v) is 0.595. The molecule has 0 aliphatic carbocycles. The third-order valence-electron chi connectivity index (χ3n) is 1.13. The topological polar surface area (TPSA) is 69.6 Å². The predicted molar refractivity (Wildman–Crippen MR) is 34.4 cm³/mol. The van der Waals surface area contributed by atoms with Crippen molar-refractivity contribution in [2.45, 2.75) is 0 Å². The lowest BCUT2D eigenvalue weighted by molar-refractivity contribution is -0.113. The van der Waals surface area contributed by atoms with E-state index in [0.717, 1.165) is 6.08 Å². The van der Waals surface area contributed by atoms with Crippen molar-refractivity contribution in [2.75, 3.05) is 6.54 Å². The van der Waals surface area contributed by atoms with Crippen LogP contribution in [0.2, 0.25) is 0 Å². The molecule has 0 fully saturated rings. The van der Waals surface area contributed by atoms with E-state index in [4.69, 9.17) is 10.2 Å². The van der Waals surface area contributed by atoms with Crippen LogP contribution in [-0.4, -0.2) is 22.5 Å². The van der Waals surface area contributed by atoms with Crippen molar-refractivity contribution in [1.29, 1.82) is 0 Å². The Bertz CT molecular complexity index is 217. The molecule has 0 atom stereocenters. The molecule has 1 heterocycles. The minimum atomic E-state index is -0.582. The Morgan fingerprint density at radius 1 is 1.50 bits per heavy atom. The van der Waals surface area contributed by atoms with Gasteiger partial charge in [0.05, 0.1) is 6.54 Å². The van der Waals surface area contributed by atoms with Gasteiger partial charge in [0.1, 0.15) is 0 Å². The van der Waals surface area contributed by atoms with Crippen LogP contribution in [-0.2, 0) is 4.79 Å². The van der Waals surface area contributed by atoms with Gasteiger partial charge in [-0.1, -0.05) is 0 Å². The van der Waals surface area contributed by atoms with Crippen molar-refractivity contribution in [1.82, 2.24) is 5.32 Å². The third kappa shape index (κ3) is 1.10.